The molecular weight excluding hydrogens is 312 g/mol. The van der Waals surface area contributed by atoms with Crippen LogP contribution in [0.5, 0.6) is 11.5 Å². The maximum absolute atomic E-state index is 11.9. The van der Waals surface area contributed by atoms with Crippen LogP contribution in [0.2, 0.25) is 5.02 Å². The molecule has 120 valence electrons. The standard InChI is InChI=1S/C15H17ClO6/c1-4-22-15(19)10(7-13(17)18)5-9-6-11(20-2)8-12(16)14(9)21-3/h5-6,8H,4,7H2,1-3H3,(H,17,18)/b10-5+. The van der Waals surface area contributed by atoms with E-state index in [9.17, 15) is 9.59 Å². The molecule has 0 amide bonds. The van der Waals surface area contributed by atoms with Crippen LogP contribution in [0.3, 0.4) is 0 Å². The van der Waals surface area contributed by atoms with Crippen LogP contribution in [-0.4, -0.2) is 37.9 Å². The summed E-state index contributed by atoms with van der Waals surface area (Å²) in [5.41, 5.74) is 0.410. The van der Waals surface area contributed by atoms with Gasteiger partial charge in [0.05, 0.1) is 32.3 Å². The van der Waals surface area contributed by atoms with Crippen molar-refractivity contribution in [3.63, 3.8) is 0 Å². The zero-order valence-corrected chi connectivity index (χ0v) is 13.3. The number of carboxylic acids is 1. The largest absolute Gasteiger partial charge is 0.497 e. The average molecular weight is 329 g/mol. The molecule has 0 saturated carbocycles. The second kappa shape index (κ2) is 8.29. The first kappa shape index (κ1) is 17.8. The highest BCUT2D eigenvalue weighted by atomic mass is 35.5. The number of halogens is 1. The molecule has 0 atom stereocenters. The zero-order chi connectivity index (χ0) is 16.7. The molecule has 1 N–H and O–H groups in total. The zero-order valence-electron chi connectivity index (χ0n) is 12.5. The Kier molecular flexibility index (Phi) is 6.72. The Labute approximate surface area is 133 Å². The van der Waals surface area contributed by atoms with Crippen LogP contribution >= 0.6 is 11.6 Å². The fraction of sp³-hybridized carbons (Fsp3) is 0.333. The lowest BCUT2D eigenvalue weighted by Gasteiger charge is -2.11. The third-order valence-electron chi connectivity index (χ3n) is 2.69. The quantitative estimate of drug-likeness (QED) is 0.612. The molecular formula is C15H17ClO6. The number of hydrogen-bond donors (Lipinski definition) is 1. The fourth-order valence-corrected chi connectivity index (χ4v) is 2.08. The first-order valence-corrected chi connectivity index (χ1v) is 6.81. The molecule has 0 aliphatic rings. The van der Waals surface area contributed by atoms with Gasteiger partial charge in [0, 0.05) is 17.2 Å². The van der Waals surface area contributed by atoms with Crippen molar-refractivity contribution < 1.29 is 28.9 Å². The molecule has 6 nitrogen and oxygen atoms in total. The van der Waals surface area contributed by atoms with Crippen molar-refractivity contribution >= 4 is 29.6 Å². The van der Waals surface area contributed by atoms with Crippen LogP contribution in [0.15, 0.2) is 17.7 Å². The van der Waals surface area contributed by atoms with Crippen LogP contribution < -0.4 is 9.47 Å². The maximum Gasteiger partial charge on any atom is 0.334 e. The molecule has 1 rings (SSSR count). The summed E-state index contributed by atoms with van der Waals surface area (Å²) in [6.07, 6.45) is 0.899. The highest BCUT2D eigenvalue weighted by Crippen LogP contribution is 2.35. The van der Waals surface area contributed by atoms with Gasteiger partial charge in [-0.3, -0.25) is 4.79 Å². The number of carboxylic acid groups (broad SMARTS) is 1. The fourth-order valence-electron chi connectivity index (χ4n) is 1.79. The Hall–Kier alpha value is -2.21. The average Bonchev–Trinajstić information content (AvgIpc) is 2.45. The number of ether oxygens (including phenoxy) is 3. The van der Waals surface area contributed by atoms with E-state index in [0.29, 0.717) is 17.1 Å². The summed E-state index contributed by atoms with van der Waals surface area (Å²) in [6.45, 7) is 1.78. The van der Waals surface area contributed by atoms with Gasteiger partial charge in [0.25, 0.3) is 0 Å². The topological polar surface area (TPSA) is 82.1 Å². The Balaban J connectivity index is 3.37. The second-order valence-corrected chi connectivity index (χ2v) is 4.60. The monoisotopic (exact) mass is 328 g/mol. The third kappa shape index (κ3) is 4.66. The third-order valence-corrected chi connectivity index (χ3v) is 2.98. The lowest BCUT2D eigenvalue weighted by molar-refractivity contribution is -0.142. The molecule has 0 bridgehead atoms. The van der Waals surface area contributed by atoms with Crippen molar-refractivity contribution in [2.24, 2.45) is 0 Å². The number of benzene rings is 1. The highest BCUT2D eigenvalue weighted by Gasteiger charge is 2.17. The molecule has 1 aromatic rings. The normalized spacial score (nSPS) is 11.0. The van der Waals surface area contributed by atoms with Crippen LogP contribution in [0.1, 0.15) is 18.9 Å². The molecule has 22 heavy (non-hydrogen) atoms. The van der Waals surface area contributed by atoms with E-state index in [2.05, 4.69) is 0 Å². The summed E-state index contributed by atoms with van der Waals surface area (Å²) < 4.78 is 15.2. The Morgan fingerprint density at radius 3 is 2.45 bits per heavy atom. The second-order valence-electron chi connectivity index (χ2n) is 4.19. The molecule has 7 heteroatoms. The Morgan fingerprint density at radius 1 is 1.27 bits per heavy atom. The van der Waals surface area contributed by atoms with Gasteiger partial charge in [-0.05, 0) is 19.1 Å². The highest BCUT2D eigenvalue weighted by molar-refractivity contribution is 6.32. The number of aliphatic carboxylic acids is 1. The van der Waals surface area contributed by atoms with Crippen LogP contribution in [-0.2, 0) is 14.3 Å². The molecule has 0 heterocycles. The molecule has 0 fully saturated rings. The first-order chi connectivity index (χ1) is 10.4. The molecule has 0 radical (unpaired) electrons. The van der Waals surface area contributed by atoms with Crippen molar-refractivity contribution in [2.75, 3.05) is 20.8 Å². The SMILES string of the molecule is CCOC(=O)/C(=C/c1cc(OC)cc(Cl)c1OC)CC(=O)O. The number of esters is 1. The van der Waals surface area contributed by atoms with E-state index in [4.69, 9.17) is 30.9 Å². The van der Waals surface area contributed by atoms with Gasteiger partial charge in [0.15, 0.2) is 0 Å². The number of rotatable bonds is 7. The van der Waals surface area contributed by atoms with E-state index < -0.39 is 18.4 Å². The van der Waals surface area contributed by atoms with Crippen molar-refractivity contribution in [1.29, 1.82) is 0 Å². The van der Waals surface area contributed by atoms with Gasteiger partial charge in [0.2, 0.25) is 0 Å². The van der Waals surface area contributed by atoms with E-state index in [1.807, 2.05) is 0 Å². The number of carbonyl (C=O) groups is 2. The van der Waals surface area contributed by atoms with Gasteiger partial charge in [-0.2, -0.15) is 0 Å². The molecule has 0 aromatic heterocycles. The summed E-state index contributed by atoms with van der Waals surface area (Å²) in [4.78, 5) is 22.8. The smallest absolute Gasteiger partial charge is 0.334 e. The summed E-state index contributed by atoms with van der Waals surface area (Å²) in [6, 6.07) is 3.14. The van der Waals surface area contributed by atoms with E-state index in [-0.39, 0.29) is 17.2 Å². The van der Waals surface area contributed by atoms with Gasteiger partial charge in [-0.1, -0.05) is 11.6 Å². The van der Waals surface area contributed by atoms with Gasteiger partial charge in [-0.15, -0.1) is 0 Å². The molecule has 0 spiro atoms. The van der Waals surface area contributed by atoms with Gasteiger partial charge in [-0.25, -0.2) is 4.79 Å². The Bertz CT molecular complexity index is 594. The number of hydrogen-bond acceptors (Lipinski definition) is 5. The van der Waals surface area contributed by atoms with E-state index >= 15 is 0 Å². The summed E-state index contributed by atoms with van der Waals surface area (Å²) in [5, 5.41) is 9.21. The summed E-state index contributed by atoms with van der Waals surface area (Å²) in [5.74, 6) is -1.08. The Morgan fingerprint density at radius 2 is 1.95 bits per heavy atom. The van der Waals surface area contributed by atoms with E-state index in [1.165, 1.54) is 20.3 Å². The predicted octanol–water partition coefficient (Wildman–Crippen LogP) is 2.78. The van der Waals surface area contributed by atoms with E-state index in [0.717, 1.165) is 0 Å². The van der Waals surface area contributed by atoms with Crippen LogP contribution in [0, 0.1) is 0 Å². The van der Waals surface area contributed by atoms with Crippen molar-refractivity contribution in [3.05, 3.63) is 28.3 Å². The van der Waals surface area contributed by atoms with Gasteiger partial charge in [0.1, 0.15) is 11.5 Å². The minimum atomic E-state index is -1.15. The van der Waals surface area contributed by atoms with E-state index in [1.54, 1.807) is 19.1 Å². The minimum Gasteiger partial charge on any atom is -0.497 e. The van der Waals surface area contributed by atoms with Gasteiger partial charge < -0.3 is 19.3 Å². The summed E-state index contributed by atoms with van der Waals surface area (Å²) >= 11 is 6.08. The molecule has 1 aromatic carbocycles. The number of carbonyl (C=O) groups excluding carboxylic acids is 1. The van der Waals surface area contributed by atoms with Crippen LogP contribution in [0.25, 0.3) is 6.08 Å². The maximum atomic E-state index is 11.9. The van der Waals surface area contributed by atoms with Crippen LogP contribution in [0.4, 0.5) is 0 Å². The molecule has 0 aliphatic heterocycles. The van der Waals surface area contributed by atoms with Gasteiger partial charge >= 0.3 is 11.9 Å². The predicted molar refractivity (Wildman–Crippen MR) is 81.4 cm³/mol. The molecule has 0 saturated heterocycles. The van der Waals surface area contributed by atoms with Crippen molar-refractivity contribution in [1.82, 2.24) is 0 Å². The summed E-state index contributed by atoms with van der Waals surface area (Å²) in [7, 11) is 2.89. The lowest BCUT2D eigenvalue weighted by atomic mass is 10.1. The minimum absolute atomic E-state index is 0.0167. The molecule has 0 unspecified atom stereocenters. The van der Waals surface area contributed by atoms with Crippen molar-refractivity contribution in [3.8, 4) is 11.5 Å². The lowest BCUT2D eigenvalue weighted by Crippen LogP contribution is -2.11. The number of methoxy groups -OCH3 is 2. The first-order valence-electron chi connectivity index (χ1n) is 6.43. The molecule has 0 aliphatic carbocycles. The van der Waals surface area contributed by atoms with Crippen molar-refractivity contribution in [2.45, 2.75) is 13.3 Å².